The molecule has 318 valence electrons. The summed E-state index contributed by atoms with van der Waals surface area (Å²) in [7, 11) is 1.81. The first-order valence-corrected chi connectivity index (χ1v) is 21.3. The van der Waals surface area contributed by atoms with Gasteiger partial charge in [0, 0.05) is 99.7 Å². The Morgan fingerprint density at radius 2 is 1.63 bits per heavy atom. The number of carbonyl (C=O) groups is 1. The van der Waals surface area contributed by atoms with Gasteiger partial charge < -0.3 is 39.2 Å². The Hall–Kier alpha value is -4.47. The van der Waals surface area contributed by atoms with Crippen molar-refractivity contribution in [2.45, 2.75) is 83.6 Å². The van der Waals surface area contributed by atoms with E-state index >= 15 is 4.39 Å². The zero-order valence-corrected chi connectivity index (χ0v) is 35.0. The van der Waals surface area contributed by atoms with Crippen molar-refractivity contribution in [1.82, 2.24) is 24.3 Å². The zero-order valence-electron chi connectivity index (χ0n) is 35.0. The molecule has 0 spiro atoms. The molecule has 2 N–H and O–H groups in total. The molecule has 13 nitrogen and oxygen atoms in total. The highest BCUT2D eigenvalue weighted by Crippen LogP contribution is 2.39. The Bertz CT molecular complexity index is 2080. The lowest BCUT2D eigenvalue weighted by atomic mass is 10.0. The highest BCUT2D eigenvalue weighted by atomic mass is 19.1. The lowest BCUT2D eigenvalue weighted by molar-refractivity contribution is -0.132. The number of pyridine rings is 3. The number of fused-ring (bicyclic) bond motifs is 1. The molecule has 3 aromatic heterocycles. The van der Waals surface area contributed by atoms with Crippen molar-refractivity contribution < 1.29 is 23.4 Å². The number of benzene rings is 1. The van der Waals surface area contributed by atoms with Crippen molar-refractivity contribution in [2.24, 2.45) is 5.73 Å². The lowest BCUT2D eigenvalue weighted by Crippen LogP contribution is -2.48. The van der Waals surface area contributed by atoms with Crippen LogP contribution >= 0.6 is 0 Å². The molecule has 3 fully saturated rings. The Kier molecular flexibility index (Phi) is 14.6. The number of ether oxygens (including phenoxy) is 3. The number of likely N-dealkylation sites (N-methyl/N-ethyl adjacent to an activating group) is 1. The molecular weight excluding hydrogens is 752 g/mol. The van der Waals surface area contributed by atoms with Crippen LogP contribution in [0, 0.1) is 19.7 Å². The second kappa shape index (κ2) is 20.2. The van der Waals surface area contributed by atoms with Gasteiger partial charge in [0.15, 0.2) is 5.43 Å². The molecule has 4 aromatic rings. The minimum atomic E-state index is -0.413. The van der Waals surface area contributed by atoms with Crippen molar-refractivity contribution in [2.75, 3.05) is 89.2 Å². The van der Waals surface area contributed by atoms with E-state index in [0.717, 1.165) is 73.3 Å². The van der Waals surface area contributed by atoms with Gasteiger partial charge >= 0.3 is 0 Å². The van der Waals surface area contributed by atoms with E-state index in [1.54, 1.807) is 4.90 Å². The molecule has 1 aliphatic carbocycles. The highest BCUT2D eigenvalue weighted by Gasteiger charge is 2.33. The van der Waals surface area contributed by atoms with Gasteiger partial charge in [0.05, 0.1) is 75.2 Å². The van der Waals surface area contributed by atoms with Crippen LogP contribution in [0.15, 0.2) is 59.8 Å². The SMILES string of the molecule is Cc1ccc(N2CCC[C@H](N(Cc3ccnc(C)c3)Cc3cn(C4CC4)c4cc(N5CC[C@@H](N(C)C(=O)CCOCCOCCOCCN)C5)c(F)cc4c3=O)C2)cn1. The van der Waals surface area contributed by atoms with E-state index in [9.17, 15) is 9.59 Å². The topological polar surface area (TPSA) is 132 Å². The third kappa shape index (κ3) is 11.0. The van der Waals surface area contributed by atoms with E-state index in [2.05, 4.69) is 48.6 Å². The van der Waals surface area contributed by atoms with Gasteiger partial charge in [0.1, 0.15) is 5.82 Å². The molecule has 3 aliphatic rings. The van der Waals surface area contributed by atoms with E-state index in [4.69, 9.17) is 19.9 Å². The number of anilines is 2. The van der Waals surface area contributed by atoms with Gasteiger partial charge in [-0.3, -0.25) is 24.5 Å². The number of aromatic nitrogens is 3. The fraction of sp³-hybridized carbons (Fsp3) is 0.556. The largest absolute Gasteiger partial charge is 0.379 e. The Balaban J connectivity index is 1.04. The summed E-state index contributed by atoms with van der Waals surface area (Å²) in [6.07, 6.45) is 10.9. The summed E-state index contributed by atoms with van der Waals surface area (Å²) in [6, 6.07) is 12.1. The molecule has 0 unspecified atom stereocenters. The van der Waals surface area contributed by atoms with Crippen molar-refractivity contribution in [3.8, 4) is 0 Å². The van der Waals surface area contributed by atoms with Gasteiger partial charge in [0.2, 0.25) is 5.91 Å². The summed E-state index contributed by atoms with van der Waals surface area (Å²) in [5.41, 5.74) is 11.4. The van der Waals surface area contributed by atoms with Gasteiger partial charge in [-0.2, -0.15) is 0 Å². The summed E-state index contributed by atoms with van der Waals surface area (Å²) in [5.74, 6) is -0.424. The fourth-order valence-corrected chi connectivity index (χ4v) is 8.47. The Morgan fingerprint density at radius 1 is 0.864 bits per heavy atom. The van der Waals surface area contributed by atoms with E-state index in [1.165, 1.54) is 6.07 Å². The fourth-order valence-electron chi connectivity index (χ4n) is 8.47. The molecule has 0 radical (unpaired) electrons. The number of hydrogen-bond acceptors (Lipinski definition) is 11. The minimum Gasteiger partial charge on any atom is -0.379 e. The number of nitrogens with zero attached hydrogens (tertiary/aromatic N) is 7. The second-order valence-electron chi connectivity index (χ2n) is 16.3. The number of aryl methyl sites for hydroxylation is 2. The number of rotatable bonds is 20. The third-order valence-corrected chi connectivity index (χ3v) is 11.9. The van der Waals surface area contributed by atoms with E-state index in [1.807, 2.05) is 50.5 Å². The molecule has 59 heavy (non-hydrogen) atoms. The quantitative estimate of drug-likeness (QED) is 0.121. The average Bonchev–Trinajstić information content (AvgIpc) is 3.97. The van der Waals surface area contributed by atoms with Crippen LogP contribution in [0.2, 0.25) is 0 Å². The third-order valence-electron chi connectivity index (χ3n) is 11.9. The van der Waals surface area contributed by atoms with Crippen molar-refractivity contribution >= 4 is 28.2 Å². The van der Waals surface area contributed by atoms with E-state index < -0.39 is 5.82 Å². The number of nitrogens with two attached hydrogens (primary N) is 1. The van der Waals surface area contributed by atoms with Crippen LogP contribution in [-0.2, 0) is 32.1 Å². The van der Waals surface area contributed by atoms with Crippen molar-refractivity contribution in [3.05, 3.63) is 93.5 Å². The van der Waals surface area contributed by atoms with Crippen LogP contribution in [0.4, 0.5) is 15.8 Å². The first-order chi connectivity index (χ1) is 28.7. The maximum Gasteiger partial charge on any atom is 0.224 e. The second-order valence-corrected chi connectivity index (χ2v) is 16.3. The Morgan fingerprint density at radius 3 is 2.36 bits per heavy atom. The molecule has 14 heteroatoms. The first-order valence-electron chi connectivity index (χ1n) is 21.3. The predicted molar refractivity (Wildman–Crippen MR) is 228 cm³/mol. The zero-order chi connectivity index (χ0) is 41.3. The normalized spacial score (nSPS) is 18.3. The van der Waals surface area contributed by atoms with Crippen LogP contribution in [0.3, 0.4) is 0 Å². The van der Waals surface area contributed by atoms with Crippen LogP contribution in [-0.4, -0.2) is 122 Å². The molecule has 0 bridgehead atoms. The van der Waals surface area contributed by atoms with Gasteiger partial charge in [0.25, 0.3) is 0 Å². The smallest absolute Gasteiger partial charge is 0.224 e. The summed E-state index contributed by atoms with van der Waals surface area (Å²) in [6.45, 7) is 11.1. The van der Waals surface area contributed by atoms with Crippen molar-refractivity contribution in [3.63, 3.8) is 0 Å². The monoisotopic (exact) mass is 812 g/mol. The first kappa shape index (κ1) is 42.6. The number of carbonyl (C=O) groups excluding carboxylic acids is 1. The summed E-state index contributed by atoms with van der Waals surface area (Å²) < 4.78 is 34.9. The predicted octanol–water partition coefficient (Wildman–Crippen LogP) is 4.99. The molecule has 7 rings (SSSR count). The Labute approximate surface area is 347 Å². The van der Waals surface area contributed by atoms with E-state index in [0.29, 0.717) is 89.0 Å². The van der Waals surface area contributed by atoms with Gasteiger partial charge in [-0.15, -0.1) is 0 Å². The molecule has 1 aromatic carbocycles. The average molecular weight is 813 g/mol. The van der Waals surface area contributed by atoms with Crippen molar-refractivity contribution in [1.29, 1.82) is 0 Å². The summed E-state index contributed by atoms with van der Waals surface area (Å²) >= 11 is 0. The minimum absolute atomic E-state index is 0.0109. The lowest BCUT2D eigenvalue weighted by Gasteiger charge is -2.40. The standard InChI is InChI=1S/C45H61FN8O5/c1-32-6-7-37(26-49-32)51-15-4-5-39(31-51)53(27-34-10-14-48-33(2)23-34)28-35-29-54(36-8-9-36)42-25-43(41(46)24-40(42)45(35)56)52-16-11-38(30-52)50(3)44(55)12-17-57-19-21-59-22-20-58-18-13-47/h6-7,10,14,23-26,29,36,38-39H,4-5,8-9,11-13,15-22,27-28,30-31,47H2,1-3H3/t38-,39+/m1/s1. The highest BCUT2D eigenvalue weighted by molar-refractivity contribution is 5.84. The number of hydrogen-bond donors (Lipinski definition) is 1. The van der Waals surface area contributed by atoms with Gasteiger partial charge in [-0.1, -0.05) is 0 Å². The van der Waals surface area contributed by atoms with Crippen LogP contribution in [0.25, 0.3) is 10.9 Å². The summed E-state index contributed by atoms with van der Waals surface area (Å²) in [4.78, 5) is 45.1. The molecule has 2 saturated heterocycles. The molecular formula is C45H61FN8O5. The summed E-state index contributed by atoms with van der Waals surface area (Å²) in [5, 5.41) is 0.416. The molecule has 1 amide bonds. The van der Waals surface area contributed by atoms with Crippen LogP contribution in [0.5, 0.6) is 0 Å². The molecule has 2 aliphatic heterocycles. The molecule has 2 atom stereocenters. The molecule has 1 saturated carbocycles. The van der Waals surface area contributed by atoms with Crippen LogP contribution in [0.1, 0.15) is 67.1 Å². The van der Waals surface area contributed by atoms with Crippen LogP contribution < -0.4 is 21.0 Å². The van der Waals surface area contributed by atoms with Gasteiger partial charge in [-0.25, -0.2) is 4.39 Å². The maximum atomic E-state index is 16.3. The molecule has 5 heterocycles. The van der Waals surface area contributed by atoms with E-state index in [-0.39, 0.29) is 35.9 Å². The number of piperidine rings is 1. The van der Waals surface area contributed by atoms with Gasteiger partial charge in [-0.05, 0) is 87.9 Å². The number of halogens is 1. The number of amides is 1. The maximum absolute atomic E-state index is 16.3.